The van der Waals surface area contributed by atoms with E-state index >= 15 is 0 Å². The number of amides is 1. The molecule has 2 aliphatic rings. The molecule has 1 aliphatic carbocycles. The van der Waals surface area contributed by atoms with Gasteiger partial charge in [-0.05, 0) is 61.5 Å². The quantitative estimate of drug-likeness (QED) is 0.499. The fraction of sp³-hybridized carbons (Fsp3) is 0.357. The summed E-state index contributed by atoms with van der Waals surface area (Å²) in [4.78, 5) is 17.2. The van der Waals surface area contributed by atoms with Gasteiger partial charge in [-0.3, -0.25) is 0 Å². The standard InChI is InChI=1S/C28H32BN3O4/c1-27(2)28(3,4)36-29(35-27)19(14-20-16-32(5)18-31-20)15-30-26(33)34-17-25-23-12-8-6-10-21(23)22-11-7-9-13-24(22)25/h6-14,16,18,25H,15,17H2,1-5H3,(H,30,33). The Bertz CT molecular complexity index is 1250. The number of aryl methyl sites for hydroxylation is 1. The summed E-state index contributed by atoms with van der Waals surface area (Å²) in [5.41, 5.74) is 5.29. The maximum Gasteiger partial charge on any atom is 0.492 e. The fourth-order valence-electron chi connectivity index (χ4n) is 4.72. The minimum atomic E-state index is -0.606. The molecule has 1 saturated heterocycles. The average molecular weight is 485 g/mol. The predicted molar refractivity (Wildman–Crippen MR) is 140 cm³/mol. The van der Waals surface area contributed by atoms with Crippen molar-refractivity contribution in [2.45, 2.75) is 44.8 Å². The maximum atomic E-state index is 12.8. The van der Waals surface area contributed by atoms with E-state index in [9.17, 15) is 4.79 Å². The van der Waals surface area contributed by atoms with Crippen LogP contribution in [0.2, 0.25) is 0 Å². The average Bonchev–Trinajstić information content (AvgIpc) is 3.46. The molecule has 7 nitrogen and oxygen atoms in total. The SMILES string of the molecule is Cn1cnc(C=C(CNC(=O)OCC2c3ccccc3-c3ccccc32)B2OC(C)(C)C(C)(C)O2)c1. The van der Waals surface area contributed by atoms with Gasteiger partial charge < -0.3 is 23.9 Å². The van der Waals surface area contributed by atoms with Gasteiger partial charge in [-0.25, -0.2) is 9.78 Å². The molecular weight excluding hydrogens is 453 g/mol. The van der Waals surface area contributed by atoms with E-state index in [0.717, 1.165) is 11.2 Å². The number of nitrogens with zero attached hydrogens (tertiary/aromatic N) is 2. The molecule has 3 aromatic rings. The van der Waals surface area contributed by atoms with Crippen molar-refractivity contribution in [1.29, 1.82) is 0 Å². The third-order valence-corrected chi connectivity index (χ3v) is 7.39. The molecule has 36 heavy (non-hydrogen) atoms. The maximum absolute atomic E-state index is 12.8. The number of benzene rings is 2. The summed E-state index contributed by atoms with van der Waals surface area (Å²) in [6.07, 6.45) is 5.04. The number of carbonyl (C=O) groups excluding carboxylic acids is 1. The van der Waals surface area contributed by atoms with Crippen LogP contribution in [-0.4, -0.2) is 47.1 Å². The molecule has 0 unspecified atom stereocenters. The number of alkyl carbamates (subject to hydrolysis) is 1. The zero-order chi connectivity index (χ0) is 25.5. The molecule has 1 amide bonds. The van der Waals surface area contributed by atoms with Gasteiger partial charge in [-0.1, -0.05) is 48.5 Å². The number of carbonyl (C=O) groups is 1. The molecule has 0 spiro atoms. The normalized spacial score (nSPS) is 18.1. The molecule has 0 saturated carbocycles. The van der Waals surface area contributed by atoms with E-state index in [1.54, 1.807) is 6.33 Å². The number of fused-ring (bicyclic) bond motifs is 3. The van der Waals surface area contributed by atoms with Gasteiger partial charge in [0.05, 0.1) is 23.2 Å². The van der Waals surface area contributed by atoms with Gasteiger partial charge >= 0.3 is 13.2 Å². The second-order valence-electron chi connectivity index (χ2n) is 10.5. The Balaban J connectivity index is 1.28. The van der Waals surface area contributed by atoms with Gasteiger partial charge in [0, 0.05) is 25.7 Å². The van der Waals surface area contributed by atoms with Gasteiger partial charge in [0.25, 0.3) is 0 Å². The lowest BCUT2D eigenvalue weighted by Gasteiger charge is -2.32. The van der Waals surface area contributed by atoms with Gasteiger partial charge in [-0.15, -0.1) is 0 Å². The summed E-state index contributed by atoms with van der Waals surface area (Å²) in [5.74, 6) is 0.00905. The number of nitrogens with one attached hydrogen (secondary N) is 1. The molecule has 1 aliphatic heterocycles. The largest absolute Gasteiger partial charge is 0.492 e. The van der Waals surface area contributed by atoms with Crippen LogP contribution in [-0.2, 0) is 21.1 Å². The summed E-state index contributed by atoms with van der Waals surface area (Å²) in [6.45, 7) is 8.49. The van der Waals surface area contributed by atoms with Crippen LogP contribution in [0.4, 0.5) is 4.79 Å². The molecule has 2 aromatic carbocycles. The topological polar surface area (TPSA) is 74.6 Å². The van der Waals surface area contributed by atoms with E-state index in [-0.39, 0.29) is 19.1 Å². The molecule has 0 bridgehead atoms. The number of aromatic nitrogens is 2. The lowest BCUT2D eigenvalue weighted by molar-refractivity contribution is 0.00578. The molecule has 186 valence electrons. The smallest absolute Gasteiger partial charge is 0.449 e. The van der Waals surface area contributed by atoms with Crippen LogP contribution < -0.4 is 5.32 Å². The zero-order valence-corrected chi connectivity index (χ0v) is 21.4. The Morgan fingerprint density at radius 3 is 2.19 bits per heavy atom. The second-order valence-corrected chi connectivity index (χ2v) is 10.5. The van der Waals surface area contributed by atoms with Crippen LogP contribution in [0.5, 0.6) is 0 Å². The first-order valence-electron chi connectivity index (χ1n) is 12.3. The predicted octanol–water partition coefficient (Wildman–Crippen LogP) is 4.97. The van der Waals surface area contributed by atoms with Crippen LogP contribution >= 0.6 is 0 Å². The summed E-state index contributed by atoms with van der Waals surface area (Å²) in [6, 6.07) is 16.6. The third kappa shape index (κ3) is 4.58. The number of hydrogen-bond acceptors (Lipinski definition) is 5. The van der Waals surface area contributed by atoms with E-state index in [1.807, 2.05) is 75.8 Å². The first kappa shape index (κ1) is 24.3. The van der Waals surface area contributed by atoms with Gasteiger partial charge in [0.2, 0.25) is 0 Å². The van der Waals surface area contributed by atoms with Crippen LogP contribution in [0, 0.1) is 0 Å². The number of ether oxygens (including phenoxy) is 1. The zero-order valence-electron chi connectivity index (χ0n) is 21.4. The molecule has 1 aromatic heterocycles. The Labute approximate surface area is 212 Å². The Kier molecular flexibility index (Phi) is 6.26. The van der Waals surface area contributed by atoms with E-state index in [4.69, 9.17) is 14.0 Å². The van der Waals surface area contributed by atoms with Crippen molar-refractivity contribution in [3.05, 3.63) is 83.3 Å². The van der Waals surface area contributed by atoms with Crippen LogP contribution in [0.3, 0.4) is 0 Å². The van der Waals surface area contributed by atoms with Crippen LogP contribution in [0.25, 0.3) is 17.2 Å². The molecule has 8 heteroatoms. The van der Waals surface area contributed by atoms with E-state index in [1.165, 1.54) is 22.3 Å². The molecular formula is C28H32BN3O4. The first-order valence-corrected chi connectivity index (χ1v) is 12.3. The minimum absolute atomic E-state index is 0.00905. The van der Waals surface area contributed by atoms with Gasteiger partial charge in [0.1, 0.15) is 6.61 Å². The number of hydrogen-bond donors (Lipinski definition) is 1. The second kappa shape index (κ2) is 9.26. The molecule has 1 N–H and O–H groups in total. The van der Waals surface area contributed by atoms with Crippen molar-refractivity contribution in [3.8, 4) is 11.1 Å². The van der Waals surface area contributed by atoms with Gasteiger partial charge in [-0.2, -0.15) is 0 Å². The van der Waals surface area contributed by atoms with E-state index in [2.05, 4.69) is 34.6 Å². The molecule has 2 heterocycles. The van der Waals surface area contributed by atoms with Crippen molar-refractivity contribution in [3.63, 3.8) is 0 Å². The highest BCUT2D eigenvalue weighted by atomic mass is 16.7. The highest BCUT2D eigenvalue weighted by Gasteiger charge is 2.52. The number of rotatable bonds is 6. The number of imidazole rings is 1. The summed E-state index contributed by atoms with van der Waals surface area (Å²) in [7, 11) is 1.30. The van der Waals surface area contributed by atoms with Crippen molar-refractivity contribution < 1.29 is 18.8 Å². The molecule has 0 atom stereocenters. The summed E-state index contributed by atoms with van der Waals surface area (Å²) >= 11 is 0. The lowest BCUT2D eigenvalue weighted by atomic mass is 9.77. The molecule has 1 fully saturated rings. The fourth-order valence-corrected chi connectivity index (χ4v) is 4.72. The molecule has 5 rings (SSSR count). The molecule has 0 radical (unpaired) electrons. The third-order valence-electron chi connectivity index (χ3n) is 7.39. The highest BCUT2D eigenvalue weighted by Crippen LogP contribution is 2.44. The highest BCUT2D eigenvalue weighted by molar-refractivity contribution is 6.56. The Hall–Kier alpha value is -3.36. The van der Waals surface area contributed by atoms with Crippen LogP contribution in [0.15, 0.2) is 66.5 Å². The van der Waals surface area contributed by atoms with Crippen LogP contribution in [0.1, 0.15) is 50.4 Å². The van der Waals surface area contributed by atoms with Gasteiger partial charge in [0.15, 0.2) is 0 Å². The summed E-state index contributed by atoms with van der Waals surface area (Å²) in [5, 5.41) is 2.89. The first-order chi connectivity index (χ1) is 17.1. The van der Waals surface area contributed by atoms with Crippen molar-refractivity contribution >= 4 is 19.3 Å². The Morgan fingerprint density at radius 2 is 1.64 bits per heavy atom. The van der Waals surface area contributed by atoms with Crippen molar-refractivity contribution in [2.24, 2.45) is 7.05 Å². The minimum Gasteiger partial charge on any atom is -0.449 e. The van der Waals surface area contributed by atoms with Crippen molar-refractivity contribution in [2.75, 3.05) is 13.2 Å². The summed E-state index contributed by atoms with van der Waals surface area (Å²) < 4.78 is 20.1. The van der Waals surface area contributed by atoms with Crippen molar-refractivity contribution in [1.82, 2.24) is 14.9 Å². The Morgan fingerprint density at radius 1 is 1.06 bits per heavy atom. The lowest BCUT2D eigenvalue weighted by Crippen LogP contribution is -2.41. The van der Waals surface area contributed by atoms with E-state index < -0.39 is 24.4 Å². The van der Waals surface area contributed by atoms with E-state index in [0.29, 0.717) is 0 Å². The monoisotopic (exact) mass is 485 g/mol.